The smallest absolute Gasteiger partial charge is 0.414 e. The van der Waals surface area contributed by atoms with E-state index in [0.29, 0.717) is 0 Å². The van der Waals surface area contributed by atoms with Crippen LogP contribution >= 0.6 is 0 Å². The van der Waals surface area contributed by atoms with Crippen LogP contribution in [0.3, 0.4) is 0 Å². The van der Waals surface area contributed by atoms with Gasteiger partial charge in [0.1, 0.15) is 0 Å². The number of carboxylic acid groups (broad SMARTS) is 2. The van der Waals surface area contributed by atoms with Gasteiger partial charge in [0.15, 0.2) is 0 Å². The molecular formula is C10H20N2O6. The van der Waals surface area contributed by atoms with E-state index in [0.717, 1.165) is 24.3 Å². The largest absolute Gasteiger partial charge is 0.473 e. The van der Waals surface area contributed by atoms with Crippen LogP contribution in [0.4, 0.5) is 0 Å². The minimum Gasteiger partial charge on any atom is -0.473 e. The summed E-state index contributed by atoms with van der Waals surface area (Å²) in [6, 6.07) is 0. The number of carboxylic acids is 2. The Balaban J connectivity index is -0.000000187. The van der Waals surface area contributed by atoms with Crippen molar-refractivity contribution in [3.05, 3.63) is 0 Å². The molecule has 106 valence electrons. The Kier molecular flexibility index (Phi) is 17.5. The third-order valence-corrected chi connectivity index (χ3v) is 1.55. The highest BCUT2D eigenvalue weighted by Gasteiger charge is 2.04. The van der Waals surface area contributed by atoms with Crippen LogP contribution in [0.15, 0.2) is 10.3 Å². The van der Waals surface area contributed by atoms with Gasteiger partial charge in [0.2, 0.25) is 0 Å². The third kappa shape index (κ3) is 23.6. The molecule has 0 aromatic heterocycles. The number of carbonyl (C=O) groups is 2. The van der Waals surface area contributed by atoms with Gasteiger partial charge in [0.25, 0.3) is 0 Å². The molecule has 0 aliphatic rings. The maximum absolute atomic E-state index is 9.10. The molecule has 0 radical (unpaired) electrons. The molecule has 0 fully saturated rings. The van der Waals surface area contributed by atoms with Crippen molar-refractivity contribution in [2.24, 2.45) is 10.3 Å². The van der Waals surface area contributed by atoms with Crippen LogP contribution in [-0.2, 0) is 9.59 Å². The lowest BCUT2D eigenvalue weighted by atomic mass is 10.3. The summed E-state index contributed by atoms with van der Waals surface area (Å²) in [6.45, 7) is 7.43. The quantitative estimate of drug-likeness (QED) is 0.259. The molecular weight excluding hydrogens is 244 g/mol. The van der Waals surface area contributed by atoms with Crippen LogP contribution < -0.4 is 0 Å². The average molecular weight is 264 g/mol. The Morgan fingerprint density at radius 1 is 0.833 bits per heavy atom. The van der Waals surface area contributed by atoms with E-state index < -0.39 is 11.9 Å². The van der Waals surface area contributed by atoms with Crippen molar-refractivity contribution < 1.29 is 30.2 Å². The van der Waals surface area contributed by atoms with Crippen LogP contribution in [-0.4, -0.2) is 44.0 Å². The van der Waals surface area contributed by atoms with E-state index in [1.54, 1.807) is 13.8 Å². The molecule has 0 aliphatic heterocycles. The Labute approximate surface area is 105 Å². The molecule has 0 bridgehead atoms. The van der Waals surface area contributed by atoms with Gasteiger partial charge in [-0.1, -0.05) is 24.2 Å². The standard InChI is InChI=1S/2C4H9NO.C2H2O4/c2*1-3-4(2)5-6;3-1(4)2(5)6/h2*6H,3H2,1-2H3;(H,3,4)(H,5,6). The second-order valence-corrected chi connectivity index (χ2v) is 2.99. The molecule has 0 saturated heterocycles. The maximum Gasteiger partial charge on any atom is 0.414 e. The van der Waals surface area contributed by atoms with Gasteiger partial charge in [0, 0.05) is 0 Å². The fourth-order valence-corrected chi connectivity index (χ4v) is 0.141. The van der Waals surface area contributed by atoms with Crippen molar-refractivity contribution in [3.8, 4) is 0 Å². The summed E-state index contributed by atoms with van der Waals surface area (Å²) in [6.07, 6.45) is 1.66. The summed E-state index contributed by atoms with van der Waals surface area (Å²) < 4.78 is 0. The number of hydrogen-bond donors (Lipinski definition) is 4. The van der Waals surface area contributed by atoms with E-state index >= 15 is 0 Å². The molecule has 18 heavy (non-hydrogen) atoms. The molecule has 0 spiro atoms. The second-order valence-electron chi connectivity index (χ2n) is 2.99. The number of nitrogens with zero attached hydrogens (tertiary/aromatic N) is 2. The van der Waals surface area contributed by atoms with Crippen LogP contribution in [0.2, 0.25) is 0 Å². The van der Waals surface area contributed by atoms with E-state index in [1.807, 2.05) is 13.8 Å². The first kappa shape index (κ1) is 21.2. The van der Waals surface area contributed by atoms with Crippen molar-refractivity contribution in [2.45, 2.75) is 40.5 Å². The van der Waals surface area contributed by atoms with Crippen molar-refractivity contribution in [1.29, 1.82) is 0 Å². The third-order valence-electron chi connectivity index (χ3n) is 1.55. The summed E-state index contributed by atoms with van der Waals surface area (Å²) in [5, 5.41) is 36.5. The predicted molar refractivity (Wildman–Crippen MR) is 65.6 cm³/mol. The summed E-state index contributed by atoms with van der Waals surface area (Å²) in [5.74, 6) is -3.65. The fourth-order valence-electron chi connectivity index (χ4n) is 0.141. The second kappa shape index (κ2) is 14.9. The van der Waals surface area contributed by atoms with Gasteiger partial charge in [-0.25, -0.2) is 9.59 Å². The topological polar surface area (TPSA) is 140 Å². The fraction of sp³-hybridized carbons (Fsp3) is 0.600. The van der Waals surface area contributed by atoms with Crippen LogP contribution in [0.25, 0.3) is 0 Å². The Hall–Kier alpha value is -2.12. The van der Waals surface area contributed by atoms with Crippen molar-refractivity contribution in [3.63, 3.8) is 0 Å². The minimum absolute atomic E-state index is 0.773. The molecule has 4 N–H and O–H groups in total. The lowest BCUT2D eigenvalue weighted by Gasteiger charge is -1.81. The molecule has 0 aromatic rings. The molecule has 0 aliphatic carbocycles. The van der Waals surface area contributed by atoms with Gasteiger partial charge in [0.05, 0.1) is 11.4 Å². The van der Waals surface area contributed by atoms with Gasteiger partial charge in [-0.05, 0) is 26.7 Å². The summed E-state index contributed by atoms with van der Waals surface area (Å²) in [4.78, 5) is 18.2. The van der Waals surface area contributed by atoms with Gasteiger partial charge < -0.3 is 20.6 Å². The molecule has 0 heterocycles. The van der Waals surface area contributed by atoms with Crippen molar-refractivity contribution >= 4 is 23.4 Å². The van der Waals surface area contributed by atoms with Crippen LogP contribution in [0.5, 0.6) is 0 Å². The molecule has 0 unspecified atom stereocenters. The zero-order chi connectivity index (χ0) is 15.1. The first-order valence-electron chi connectivity index (χ1n) is 5.07. The number of aliphatic carboxylic acids is 2. The minimum atomic E-state index is -1.82. The number of oxime groups is 2. The SMILES string of the molecule is CCC(C)=NO.CCC(C)=NO.O=C(O)C(=O)O. The van der Waals surface area contributed by atoms with E-state index in [2.05, 4.69) is 10.3 Å². The van der Waals surface area contributed by atoms with Crippen LogP contribution in [0.1, 0.15) is 40.5 Å². The summed E-state index contributed by atoms with van der Waals surface area (Å²) in [5.41, 5.74) is 1.55. The average Bonchev–Trinajstić information content (AvgIpc) is 2.37. The van der Waals surface area contributed by atoms with E-state index in [9.17, 15) is 0 Å². The molecule has 0 saturated carbocycles. The van der Waals surface area contributed by atoms with E-state index in [-0.39, 0.29) is 0 Å². The molecule has 8 heteroatoms. The van der Waals surface area contributed by atoms with E-state index in [4.69, 9.17) is 30.2 Å². The summed E-state index contributed by atoms with van der Waals surface area (Å²) in [7, 11) is 0. The van der Waals surface area contributed by atoms with Gasteiger partial charge >= 0.3 is 11.9 Å². The summed E-state index contributed by atoms with van der Waals surface area (Å²) >= 11 is 0. The number of rotatable bonds is 2. The lowest BCUT2D eigenvalue weighted by molar-refractivity contribution is -0.159. The predicted octanol–water partition coefficient (Wildman–Crippen LogP) is 1.65. The van der Waals surface area contributed by atoms with Gasteiger partial charge in [-0.2, -0.15) is 0 Å². The highest BCUT2D eigenvalue weighted by atomic mass is 16.4. The normalized spacial score (nSPS) is 10.4. The molecule has 0 amide bonds. The zero-order valence-corrected chi connectivity index (χ0v) is 10.9. The molecule has 8 nitrogen and oxygen atoms in total. The first-order chi connectivity index (χ1) is 8.26. The van der Waals surface area contributed by atoms with Gasteiger partial charge in [-0.15, -0.1) is 0 Å². The van der Waals surface area contributed by atoms with Crippen molar-refractivity contribution in [1.82, 2.24) is 0 Å². The van der Waals surface area contributed by atoms with Crippen LogP contribution in [0, 0.1) is 0 Å². The Morgan fingerprint density at radius 2 is 1.06 bits per heavy atom. The Morgan fingerprint density at radius 3 is 1.06 bits per heavy atom. The number of hydrogen-bond acceptors (Lipinski definition) is 6. The maximum atomic E-state index is 9.10. The monoisotopic (exact) mass is 264 g/mol. The highest BCUT2D eigenvalue weighted by molar-refractivity contribution is 6.27. The molecule has 0 atom stereocenters. The zero-order valence-electron chi connectivity index (χ0n) is 10.9. The van der Waals surface area contributed by atoms with E-state index in [1.165, 1.54) is 0 Å². The first-order valence-corrected chi connectivity index (χ1v) is 5.07. The Bertz CT molecular complexity index is 269. The molecule has 0 rings (SSSR count). The van der Waals surface area contributed by atoms with Gasteiger partial charge in [-0.3, -0.25) is 0 Å². The van der Waals surface area contributed by atoms with Crippen molar-refractivity contribution in [2.75, 3.05) is 0 Å². The lowest BCUT2D eigenvalue weighted by Crippen LogP contribution is -2.09. The highest BCUT2D eigenvalue weighted by Crippen LogP contribution is 1.78. The molecule has 0 aromatic carbocycles.